The van der Waals surface area contributed by atoms with Gasteiger partial charge in [0.15, 0.2) is 0 Å². The first-order chi connectivity index (χ1) is 10.1. The van der Waals surface area contributed by atoms with Crippen molar-refractivity contribution in [3.05, 3.63) is 65.3 Å². The van der Waals surface area contributed by atoms with Gasteiger partial charge in [0.25, 0.3) is 0 Å². The van der Waals surface area contributed by atoms with Gasteiger partial charge in [-0.05, 0) is 36.1 Å². The molecule has 0 spiro atoms. The number of benzene rings is 1. The molecule has 1 saturated heterocycles. The van der Waals surface area contributed by atoms with E-state index in [0.717, 1.165) is 5.69 Å². The number of anilines is 1. The summed E-state index contributed by atoms with van der Waals surface area (Å²) in [5, 5.41) is 0. The van der Waals surface area contributed by atoms with Gasteiger partial charge in [0, 0.05) is 12.2 Å². The van der Waals surface area contributed by atoms with Gasteiger partial charge >= 0.3 is 0 Å². The Labute approximate surface area is 126 Å². The Balaban J connectivity index is 1.88. The smallest absolute Gasteiger partial charge is 0.238 e. The van der Waals surface area contributed by atoms with Crippen LogP contribution in [0.2, 0.25) is 0 Å². The monoisotopic (exact) mass is 279 g/mol. The maximum absolute atomic E-state index is 12.6. The maximum atomic E-state index is 12.6. The Morgan fingerprint density at radius 2 is 1.86 bits per heavy atom. The largest absolute Gasteiger partial charge is 0.307 e. The summed E-state index contributed by atoms with van der Waals surface area (Å²) >= 11 is 0. The fourth-order valence-electron chi connectivity index (χ4n) is 2.85. The summed E-state index contributed by atoms with van der Waals surface area (Å²) in [7, 11) is 0. The van der Waals surface area contributed by atoms with Crippen molar-refractivity contribution >= 4 is 11.6 Å². The zero-order valence-corrected chi connectivity index (χ0v) is 12.8. The molecular formula is C19H21NO. The first kappa shape index (κ1) is 13.9. The first-order valence-electron chi connectivity index (χ1n) is 7.53. The first-order valence-corrected chi connectivity index (χ1v) is 7.53. The van der Waals surface area contributed by atoms with Crippen LogP contribution in [0, 0.1) is 5.92 Å². The standard InChI is InChI=1S/C19H21NO/c1-13(2)15-7-9-17(10-8-15)20-12-16-6-4-14(3)5-11-18(16)19(20)21/h4-11,13,18H,12H2,1-3H3. The minimum absolute atomic E-state index is 0.0940. The molecular weight excluding hydrogens is 258 g/mol. The Kier molecular flexibility index (Phi) is 3.54. The molecule has 2 aliphatic rings. The molecule has 0 N–H and O–H groups in total. The quantitative estimate of drug-likeness (QED) is 0.794. The van der Waals surface area contributed by atoms with Crippen molar-refractivity contribution in [3.8, 4) is 0 Å². The van der Waals surface area contributed by atoms with Crippen LogP contribution in [0.25, 0.3) is 0 Å². The van der Waals surface area contributed by atoms with Gasteiger partial charge < -0.3 is 4.90 Å². The summed E-state index contributed by atoms with van der Waals surface area (Å²) in [5.74, 6) is 0.597. The summed E-state index contributed by atoms with van der Waals surface area (Å²) < 4.78 is 0. The van der Waals surface area contributed by atoms with Crippen molar-refractivity contribution < 1.29 is 4.79 Å². The zero-order valence-electron chi connectivity index (χ0n) is 12.8. The summed E-state index contributed by atoms with van der Waals surface area (Å²) in [6.45, 7) is 7.11. The number of fused-ring (bicyclic) bond motifs is 1. The molecule has 3 rings (SSSR count). The van der Waals surface area contributed by atoms with Crippen molar-refractivity contribution in [2.45, 2.75) is 26.7 Å². The molecule has 1 unspecified atom stereocenters. The molecule has 0 bridgehead atoms. The molecule has 2 nitrogen and oxygen atoms in total. The second-order valence-corrected chi connectivity index (χ2v) is 6.16. The van der Waals surface area contributed by atoms with Crippen molar-refractivity contribution in [3.63, 3.8) is 0 Å². The molecule has 1 fully saturated rings. The molecule has 21 heavy (non-hydrogen) atoms. The summed E-state index contributed by atoms with van der Waals surface area (Å²) in [5.41, 5.74) is 4.67. The molecule has 1 aliphatic carbocycles. The van der Waals surface area contributed by atoms with Crippen LogP contribution in [-0.4, -0.2) is 12.5 Å². The number of hydrogen-bond donors (Lipinski definition) is 0. The highest BCUT2D eigenvalue weighted by Gasteiger charge is 2.35. The number of allylic oxidation sites excluding steroid dienone is 4. The second kappa shape index (κ2) is 5.36. The molecule has 108 valence electrons. The number of hydrogen-bond acceptors (Lipinski definition) is 1. The van der Waals surface area contributed by atoms with E-state index in [1.54, 1.807) is 0 Å². The fourth-order valence-corrected chi connectivity index (χ4v) is 2.85. The van der Waals surface area contributed by atoms with E-state index in [0.29, 0.717) is 12.5 Å². The van der Waals surface area contributed by atoms with Crippen LogP contribution in [0.3, 0.4) is 0 Å². The lowest BCUT2D eigenvalue weighted by Gasteiger charge is -2.17. The molecule has 1 aromatic rings. The molecule has 2 heteroatoms. The Bertz CT molecular complexity index is 647. The topological polar surface area (TPSA) is 20.3 Å². The van der Waals surface area contributed by atoms with Gasteiger partial charge in [-0.15, -0.1) is 0 Å². The van der Waals surface area contributed by atoms with Crippen LogP contribution in [0.4, 0.5) is 5.69 Å². The lowest BCUT2D eigenvalue weighted by Crippen LogP contribution is -2.26. The van der Waals surface area contributed by atoms with Gasteiger partial charge in [0.2, 0.25) is 5.91 Å². The molecule has 0 saturated carbocycles. The predicted molar refractivity (Wildman–Crippen MR) is 87.4 cm³/mol. The van der Waals surface area contributed by atoms with Crippen LogP contribution in [0.15, 0.2) is 59.7 Å². The van der Waals surface area contributed by atoms with Crippen molar-refractivity contribution in [1.29, 1.82) is 0 Å². The average Bonchev–Trinajstić information content (AvgIpc) is 2.66. The third-order valence-corrected chi connectivity index (χ3v) is 4.26. The minimum atomic E-state index is -0.0940. The van der Waals surface area contributed by atoms with Crippen LogP contribution in [0.5, 0.6) is 0 Å². The van der Waals surface area contributed by atoms with Crippen LogP contribution in [-0.2, 0) is 4.79 Å². The number of amides is 1. The van der Waals surface area contributed by atoms with Crippen LogP contribution >= 0.6 is 0 Å². The molecule has 1 aromatic carbocycles. The van der Waals surface area contributed by atoms with E-state index in [9.17, 15) is 4.79 Å². The summed E-state index contributed by atoms with van der Waals surface area (Å²) in [6.07, 6.45) is 8.25. The number of carbonyl (C=O) groups is 1. The van der Waals surface area contributed by atoms with E-state index in [1.807, 2.05) is 17.1 Å². The predicted octanol–water partition coefficient (Wildman–Crippen LogP) is 4.22. The van der Waals surface area contributed by atoms with Gasteiger partial charge in [-0.2, -0.15) is 0 Å². The second-order valence-electron chi connectivity index (χ2n) is 6.16. The minimum Gasteiger partial charge on any atom is -0.307 e. The Morgan fingerprint density at radius 3 is 2.52 bits per heavy atom. The van der Waals surface area contributed by atoms with Gasteiger partial charge in [0.05, 0.1) is 5.92 Å². The van der Waals surface area contributed by atoms with E-state index < -0.39 is 0 Å². The van der Waals surface area contributed by atoms with Crippen molar-refractivity contribution in [2.24, 2.45) is 5.92 Å². The van der Waals surface area contributed by atoms with Crippen molar-refractivity contribution in [1.82, 2.24) is 0 Å². The number of rotatable bonds is 2. The number of nitrogens with zero attached hydrogens (tertiary/aromatic N) is 1. The molecule has 0 radical (unpaired) electrons. The summed E-state index contributed by atoms with van der Waals surface area (Å²) in [6, 6.07) is 8.36. The molecule has 1 amide bonds. The molecule has 1 atom stereocenters. The third kappa shape index (κ3) is 2.58. The average molecular weight is 279 g/mol. The molecule has 1 heterocycles. The highest BCUT2D eigenvalue weighted by molar-refractivity contribution is 6.02. The van der Waals surface area contributed by atoms with E-state index in [-0.39, 0.29) is 11.8 Å². The van der Waals surface area contributed by atoms with E-state index >= 15 is 0 Å². The third-order valence-electron chi connectivity index (χ3n) is 4.26. The molecule has 1 aliphatic heterocycles. The van der Waals surface area contributed by atoms with Gasteiger partial charge in [-0.25, -0.2) is 0 Å². The van der Waals surface area contributed by atoms with Gasteiger partial charge in [-0.1, -0.05) is 55.9 Å². The van der Waals surface area contributed by atoms with E-state index in [4.69, 9.17) is 0 Å². The fraction of sp³-hybridized carbons (Fsp3) is 0.316. The highest BCUT2D eigenvalue weighted by Crippen LogP contribution is 2.32. The lowest BCUT2D eigenvalue weighted by molar-refractivity contribution is -0.118. The lowest BCUT2D eigenvalue weighted by atomic mass is 10.0. The zero-order chi connectivity index (χ0) is 15.0. The maximum Gasteiger partial charge on any atom is 0.238 e. The van der Waals surface area contributed by atoms with E-state index in [1.165, 1.54) is 16.7 Å². The van der Waals surface area contributed by atoms with Gasteiger partial charge in [-0.3, -0.25) is 4.79 Å². The van der Waals surface area contributed by atoms with Gasteiger partial charge in [0.1, 0.15) is 0 Å². The number of carbonyl (C=O) groups excluding carboxylic acids is 1. The van der Waals surface area contributed by atoms with E-state index in [2.05, 4.69) is 57.2 Å². The summed E-state index contributed by atoms with van der Waals surface area (Å²) in [4.78, 5) is 14.5. The van der Waals surface area contributed by atoms with Crippen molar-refractivity contribution in [2.75, 3.05) is 11.4 Å². The Hall–Kier alpha value is -2.09. The normalized spacial score (nSPS) is 21.2. The highest BCUT2D eigenvalue weighted by atomic mass is 16.2. The van der Waals surface area contributed by atoms with Crippen LogP contribution < -0.4 is 4.90 Å². The SMILES string of the molecule is CC1=CC=C2CN(c3ccc(C(C)C)cc3)C(=O)C2C=C1. The van der Waals surface area contributed by atoms with Crippen LogP contribution in [0.1, 0.15) is 32.3 Å². The molecule has 0 aromatic heterocycles. The Morgan fingerprint density at radius 1 is 1.14 bits per heavy atom.